The second-order valence-corrected chi connectivity index (χ2v) is 9.86. The minimum atomic E-state index is -0.178. The summed E-state index contributed by atoms with van der Waals surface area (Å²) in [5.74, 6) is -0.421. The van der Waals surface area contributed by atoms with E-state index >= 15 is 0 Å². The summed E-state index contributed by atoms with van der Waals surface area (Å²) in [4.78, 5) is 54.4. The monoisotopic (exact) mass is 494 g/mol. The van der Waals surface area contributed by atoms with Crippen LogP contribution in [-0.4, -0.2) is 59.4 Å². The molecule has 0 spiro atoms. The number of benzene rings is 1. The zero-order valence-electron chi connectivity index (χ0n) is 17.7. The van der Waals surface area contributed by atoms with Gasteiger partial charge >= 0.3 is 0 Å². The first-order chi connectivity index (χ1) is 15.2. The Morgan fingerprint density at radius 1 is 0.844 bits per heavy atom. The van der Waals surface area contributed by atoms with Crippen molar-refractivity contribution in [1.82, 2.24) is 9.80 Å². The molecule has 3 rings (SSSR count). The first-order valence-corrected chi connectivity index (χ1v) is 11.9. The SMILES string of the molecule is Cc1ccc(C(=O)CCC(=O)CCC(=O)N2CCN(C(=O)c3cc(Cl)cc(Cl)c3)CC2)s1. The Bertz CT molecular complexity index is 1010. The average molecular weight is 495 g/mol. The van der Waals surface area contributed by atoms with Crippen molar-refractivity contribution in [2.75, 3.05) is 26.2 Å². The molecule has 32 heavy (non-hydrogen) atoms. The highest BCUT2D eigenvalue weighted by atomic mass is 35.5. The van der Waals surface area contributed by atoms with E-state index in [0.717, 1.165) is 4.88 Å². The molecule has 0 saturated carbocycles. The Kier molecular flexibility index (Phi) is 8.45. The minimum absolute atomic E-state index is 0.0374. The summed E-state index contributed by atoms with van der Waals surface area (Å²) in [6, 6.07) is 8.38. The fourth-order valence-electron chi connectivity index (χ4n) is 3.51. The van der Waals surface area contributed by atoms with Crippen molar-refractivity contribution < 1.29 is 19.2 Å². The molecule has 170 valence electrons. The third-order valence-electron chi connectivity index (χ3n) is 5.29. The van der Waals surface area contributed by atoms with Crippen molar-refractivity contribution in [1.29, 1.82) is 0 Å². The minimum Gasteiger partial charge on any atom is -0.339 e. The molecule has 1 aromatic carbocycles. The number of aryl methyl sites for hydroxylation is 1. The first kappa shape index (κ1) is 24.4. The zero-order valence-corrected chi connectivity index (χ0v) is 20.1. The highest BCUT2D eigenvalue weighted by Gasteiger charge is 2.25. The van der Waals surface area contributed by atoms with E-state index in [9.17, 15) is 19.2 Å². The molecule has 0 atom stereocenters. The number of hydrogen-bond acceptors (Lipinski definition) is 5. The van der Waals surface area contributed by atoms with Gasteiger partial charge in [0.25, 0.3) is 5.91 Å². The fourth-order valence-corrected chi connectivity index (χ4v) is 4.87. The van der Waals surface area contributed by atoms with Gasteiger partial charge in [-0.3, -0.25) is 19.2 Å². The molecule has 1 aromatic heterocycles. The summed E-state index contributed by atoms with van der Waals surface area (Å²) in [5, 5.41) is 0.790. The zero-order chi connectivity index (χ0) is 23.3. The van der Waals surface area contributed by atoms with Crippen molar-refractivity contribution in [3.63, 3.8) is 0 Å². The molecule has 1 saturated heterocycles. The summed E-state index contributed by atoms with van der Waals surface area (Å²) >= 11 is 13.4. The molecule has 9 heteroatoms. The van der Waals surface area contributed by atoms with E-state index in [1.54, 1.807) is 34.1 Å². The number of amides is 2. The maximum absolute atomic E-state index is 12.7. The predicted molar refractivity (Wildman–Crippen MR) is 126 cm³/mol. The van der Waals surface area contributed by atoms with E-state index in [4.69, 9.17) is 23.2 Å². The molecule has 0 N–H and O–H groups in total. The Morgan fingerprint density at radius 2 is 1.44 bits per heavy atom. The molecule has 0 radical (unpaired) electrons. The Morgan fingerprint density at radius 3 is 2.03 bits per heavy atom. The van der Waals surface area contributed by atoms with Gasteiger partial charge in [0.1, 0.15) is 5.78 Å². The van der Waals surface area contributed by atoms with E-state index in [1.807, 2.05) is 13.0 Å². The van der Waals surface area contributed by atoms with Gasteiger partial charge in [-0.2, -0.15) is 0 Å². The number of thiophene rings is 1. The van der Waals surface area contributed by atoms with Gasteiger partial charge in [0.05, 0.1) is 4.88 Å². The first-order valence-electron chi connectivity index (χ1n) is 10.4. The second kappa shape index (κ2) is 11.1. The highest BCUT2D eigenvalue weighted by molar-refractivity contribution is 7.14. The van der Waals surface area contributed by atoms with Crippen LogP contribution in [0.5, 0.6) is 0 Å². The number of ketones is 2. The van der Waals surface area contributed by atoms with Gasteiger partial charge in [-0.05, 0) is 37.3 Å². The lowest BCUT2D eigenvalue weighted by molar-refractivity contribution is -0.134. The number of carbonyl (C=O) groups is 4. The summed E-state index contributed by atoms with van der Waals surface area (Å²) in [7, 11) is 0. The van der Waals surface area contributed by atoms with Crippen molar-refractivity contribution in [2.45, 2.75) is 32.6 Å². The molecule has 6 nitrogen and oxygen atoms in total. The Balaban J connectivity index is 1.40. The van der Waals surface area contributed by atoms with Gasteiger partial charge in [-0.15, -0.1) is 11.3 Å². The lowest BCUT2D eigenvalue weighted by atomic mass is 10.1. The van der Waals surface area contributed by atoms with Crippen molar-refractivity contribution >= 4 is 57.9 Å². The molecule has 1 aliphatic heterocycles. The molecule has 0 bridgehead atoms. The van der Waals surface area contributed by atoms with Crippen LogP contribution in [0.1, 0.15) is 50.6 Å². The number of rotatable bonds is 8. The van der Waals surface area contributed by atoms with Gasteiger partial charge in [0.15, 0.2) is 5.78 Å². The van der Waals surface area contributed by atoms with Gasteiger partial charge in [0.2, 0.25) is 5.91 Å². The van der Waals surface area contributed by atoms with Crippen molar-refractivity contribution in [3.05, 3.63) is 55.7 Å². The van der Waals surface area contributed by atoms with Crippen LogP contribution in [0.25, 0.3) is 0 Å². The third-order valence-corrected chi connectivity index (χ3v) is 6.77. The summed E-state index contributed by atoms with van der Waals surface area (Å²) < 4.78 is 0. The lowest BCUT2D eigenvalue weighted by Gasteiger charge is -2.35. The van der Waals surface area contributed by atoms with E-state index in [-0.39, 0.29) is 49.1 Å². The lowest BCUT2D eigenvalue weighted by Crippen LogP contribution is -2.50. The Hall–Kier alpha value is -2.22. The van der Waals surface area contributed by atoms with Crippen molar-refractivity contribution in [2.24, 2.45) is 0 Å². The van der Waals surface area contributed by atoms with Crippen LogP contribution < -0.4 is 0 Å². The Labute approximate surface area is 201 Å². The number of nitrogens with zero attached hydrogens (tertiary/aromatic N) is 2. The number of Topliss-reactive ketones (excluding diaryl/α,β-unsaturated/α-hetero) is 2. The molecule has 0 aliphatic carbocycles. The predicted octanol–water partition coefficient (Wildman–Crippen LogP) is 4.66. The largest absolute Gasteiger partial charge is 0.339 e. The van der Waals surface area contributed by atoms with Gasteiger partial charge < -0.3 is 9.80 Å². The van der Waals surface area contributed by atoms with Crippen LogP contribution in [0.3, 0.4) is 0 Å². The topological polar surface area (TPSA) is 74.8 Å². The van der Waals surface area contributed by atoms with Crippen LogP contribution in [0.2, 0.25) is 10.0 Å². The van der Waals surface area contributed by atoms with Crippen molar-refractivity contribution in [3.8, 4) is 0 Å². The summed E-state index contributed by atoms with van der Waals surface area (Å²) in [5.41, 5.74) is 0.417. The molecule has 1 fully saturated rings. The molecule has 2 amide bonds. The van der Waals surface area contributed by atoms with Crippen LogP contribution in [0.4, 0.5) is 0 Å². The smallest absolute Gasteiger partial charge is 0.254 e. The molecule has 1 aliphatic rings. The van der Waals surface area contributed by atoms with Crippen LogP contribution in [-0.2, 0) is 9.59 Å². The summed E-state index contributed by atoms with van der Waals surface area (Å²) in [6.45, 7) is 3.54. The number of hydrogen-bond donors (Lipinski definition) is 0. The van der Waals surface area contributed by atoms with E-state index in [1.165, 1.54) is 11.3 Å². The molecular weight excluding hydrogens is 471 g/mol. The standard InChI is InChI=1S/C23H24Cl2N2O4S/c1-15-2-6-21(32-15)20(29)5-3-19(28)4-7-22(30)26-8-10-27(11-9-26)23(31)16-12-17(24)14-18(25)13-16/h2,6,12-14H,3-5,7-11H2,1H3. The van der Waals surface area contributed by atoms with Crippen LogP contribution in [0.15, 0.2) is 30.3 Å². The van der Waals surface area contributed by atoms with Gasteiger partial charge in [-0.25, -0.2) is 0 Å². The van der Waals surface area contributed by atoms with Gasteiger partial charge in [-0.1, -0.05) is 23.2 Å². The third kappa shape index (κ3) is 6.64. The molecule has 0 unspecified atom stereocenters. The summed E-state index contributed by atoms with van der Waals surface area (Å²) in [6.07, 6.45) is 0.549. The number of piperazine rings is 1. The molecular formula is C23H24Cl2N2O4S. The van der Waals surface area contributed by atoms with E-state index in [2.05, 4.69) is 0 Å². The van der Waals surface area contributed by atoms with E-state index in [0.29, 0.717) is 46.7 Å². The number of carbonyl (C=O) groups excluding carboxylic acids is 4. The second-order valence-electron chi connectivity index (χ2n) is 7.70. The maximum atomic E-state index is 12.7. The quantitative estimate of drug-likeness (QED) is 0.500. The normalized spacial score (nSPS) is 13.8. The van der Waals surface area contributed by atoms with Crippen LogP contribution in [0, 0.1) is 6.92 Å². The maximum Gasteiger partial charge on any atom is 0.254 e. The van der Waals surface area contributed by atoms with Crippen LogP contribution >= 0.6 is 34.5 Å². The molecule has 2 heterocycles. The fraction of sp³-hybridized carbons (Fsp3) is 0.391. The molecule has 2 aromatic rings. The average Bonchev–Trinajstić information content (AvgIpc) is 3.21. The van der Waals surface area contributed by atoms with E-state index < -0.39 is 0 Å². The van der Waals surface area contributed by atoms with Gasteiger partial charge in [0, 0.05) is 72.3 Å². The highest BCUT2D eigenvalue weighted by Crippen LogP contribution is 2.21. The number of halogens is 2.